The molecule has 0 saturated heterocycles. The molecule has 2 aromatic heterocycles. The minimum atomic E-state index is -0.424. The monoisotopic (exact) mass is 402 g/mol. The zero-order valence-electron chi connectivity index (χ0n) is 16.0. The van der Waals surface area contributed by atoms with Gasteiger partial charge in [0, 0.05) is 23.6 Å². The first-order valence-electron chi connectivity index (χ1n) is 9.16. The third kappa shape index (κ3) is 3.37. The maximum atomic E-state index is 14.0. The Hall–Kier alpha value is -4.12. The molecule has 2 heterocycles. The van der Waals surface area contributed by atoms with Crippen LogP contribution in [-0.4, -0.2) is 21.5 Å². The first-order chi connectivity index (χ1) is 14.5. The highest BCUT2D eigenvalue weighted by Crippen LogP contribution is 2.37. The zero-order valence-corrected chi connectivity index (χ0v) is 16.0. The van der Waals surface area contributed by atoms with Crippen molar-refractivity contribution >= 4 is 28.2 Å². The van der Waals surface area contributed by atoms with E-state index in [1.807, 2.05) is 19.1 Å². The van der Waals surface area contributed by atoms with Gasteiger partial charge in [0.15, 0.2) is 5.82 Å². The summed E-state index contributed by atoms with van der Waals surface area (Å²) in [5.41, 5.74) is 7.94. The molecule has 0 radical (unpaired) electrons. The number of nitriles is 1. The predicted molar refractivity (Wildman–Crippen MR) is 111 cm³/mol. The van der Waals surface area contributed by atoms with Crippen LogP contribution in [0.4, 0.5) is 26.1 Å². The summed E-state index contributed by atoms with van der Waals surface area (Å²) in [7, 11) is 0. The number of nitrogens with zero attached hydrogens (tertiary/aromatic N) is 5. The highest BCUT2D eigenvalue weighted by atomic mass is 19.1. The molecule has 148 valence electrons. The second-order valence-corrected chi connectivity index (χ2v) is 6.52. The second-order valence-electron chi connectivity index (χ2n) is 6.52. The van der Waals surface area contributed by atoms with Crippen molar-refractivity contribution in [2.24, 2.45) is 0 Å². The molecule has 0 atom stereocenters. The van der Waals surface area contributed by atoms with Gasteiger partial charge in [-0.15, -0.1) is 0 Å². The van der Waals surface area contributed by atoms with Gasteiger partial charge in [0.05, 0.1) is 16.9 Å². The normalized spacial score (nSPS) is 10.7. The van der Waals surface area contributed by atoms with Crippen LogP contribution in [-0.2, 0) is 0 Å². The second kappa shape index (κ2) is 7.72. The van der Waals surface area contributed by atoms with Crippen molar-refractivity contribution in [1.29, 1.82) is 5.26 Å². The Morgan fingerprint density at radius 3 is 2.60 bits per heavy atom. The number of benzene rings is 2. The first-order valence-corrected chi connectivity index (χ1v) is 9.16. The summed E-state index contributed by atoms with van der Waals surface area (Å²) in [6.07, 6.45) is 1.28. The van der Waals surface area contributed by atoms with Gasteiger partial charge in [-0.05, 0) is 37.3 Å². The Kier molecular flexibility index (Phi) is 4.94. The Morgan fingerprint density at radius 1 is 1.07 bits per heavy atom. The van der Waals surface area contributed by atoms with Crippen LogP contribution in [0, 0.1) is 23.0 Å². The summed E-state index contributed by atoms with van der Waals surface area (Å²) < 4.78 is 27.7. The highest BCUT2D eigenvalue weighted by molar-refractivity contribution is 5.91. The molecule has 0 aliphatic rings. The van der Waals surface area contributed by atoms with E-state index in [2.05, 4.69) is 15.0 Å². The Morgan fingerprint density at radius 2 is 1.87 bits per heavy atom. The maximum absolute atomic E-state index is 14.0. The number of aromatic nitrogens is 3. The molecular weight excluding hydrogens is 386 g/mol. The molecule has 30 heavy (non-hydrogen) atoms. The van der Waals surface area contributed by atoms with Crippen LogP contribution < -0.4 is 10.6 Å². The van der Waals surface area contributed by atoms with E-state index in [0.717, 1.165) is 0 Å². The lowest BCUT2D eigenvalue weighted by atomic mass is 10.1. The van der Waals surface area contributed by atoms with Crippen LogP contribution in [0.5, 0.6) is 0 Å². The molecule has 2 aromatic carbocycles. The fourth-order valence-electron chi connectivity index (χ4n) is 3.32. The Balaban J connectivity index is 2.03. The van der Waals surface area contributed by atoms with Gasteiger partial charge >= 0.3 is 0 Å². The third-order valence-electron chi connectivity index (χ3n) is 4.69. The van der Waals surface area contributed by atoms with Gasteiger partial charge < -0.3 is 10.6 Å². The molecule has 0 spiro atoms. The Bertz CT molecular complexity index is 1300. The molecule has 2 N–H and O–H groups in total. The van der Waals surface area contributed by atoms with Crippen molar-refractivity contribution in [3.8, 4) is 17.3 Å². The minimum absolute atomic E-state index is 0.0593. The van der Waals surface area contributed by atoms with E-state index >= 15 is 0 Å². The van der Waals surface area contributed by atoms with Gasteiger partial charge in [-0.25, -0.2) is 23.7 Å². The predicted octanol–water partition coefficient (Wildman–Crippen LogP) is 4.58. The number of fused-ring (bicyclic) bond motifs is 1. The fraction of sp³-hybridized carbons (Fsp3) is 0.0909. The summed E-state index contributed by atoms with van der Waals surface area (Å²) in [4.78, 5) is 14.5. The van der Waals surface area contributed by atoms with Crippen LogP contribution in [0.1, 0.15) is 12.5 Å². The fourth-order valence-corrected chi connectivity index (χ4v) is 3.32. The van der Waals surface area contributed by atoms with Crippen molar-refractivity contribution in [3.05, 3.63) is 72.1 Å². The summed E-state index contributed by atoms with van der Waals surface area (Å²) in [6.45, 7) is 2.30. The molecule has 0 saturated carbocycles. The lowest BCUT2D eigenvalue weighted by molar-refractivity contribution is 0.628. The number of hydrogen-bond donors (Lipinski definition) is 1. The molecule has 0 unspecified atom stereocenters. The smallest absolute Gasteiger partial charge is 0.156 e. The van der Waals surface area contributed by atoms with Crippen LogP contribution in [0.25, 0.3) is 22.2 Å². The summed E-state index contributed by atoms with van der Waals surface area (Å²) >= 11 is 0. The molecular formula is C22H16F2N6. The quantitative estimate of drug-likeness (QED) is 0.537. The number of nitrogen functional groups attached to an aromatic ring is 1. The van der Waals surface area contributed by atoms with Crippen molar-refractivity contribution in [2.75, 3.05) is 17.2 Å². The van der Waals surface area contributed by atoms with E-state index in [1.54, 1.807) is 23.1 Å². The molecule has 0 amide bonds. The van der Waals surface area contributed by atoms with E-state index in [1.165, 1.54) is 30.6 Å². The third-order valence-corrected chi connectivity index (χ3v) is 4.69. The van der Waals surface area contributed by atoms with E-state index in [4.69, 9.17) is 5.73 Å². The number of nitrogens with two attached hydrogens (primary N) is 1. The highest BCUT2D eigenvalue weighted by Gasteiger charge is 2.21. The number of rotatable bonds is 4. The van der Waals surface area contributed by atoms with Crippen molar-refractivity contribution in [2.45, 2.75) is 6.92 Å². The standard InChI is InChI=1S/C22H16F2N6/c1-2-30(22-17(11-25)21(26)27-12-28-22)19-9-13-6-7-16(24)10-18(13)29-20(19)14-4-3-5-15(23)8-14/h3-10,12H,2H2,1H3,(H2,26,27,28). The molecule has 8 heteroatoms. The molecule has 0 fully saturated rings. The van der Waals surface area contributed by atoms with Gasteiger partial charge in [0.2, 0.25) is 0 Å². The first kappa shape index (κ1) is 19.2. The molecule has 0 aliphatic heterocycles. The van der Waals surface area contributed by atoms with Crippen LogP contribution in [0.3, 0.4) is 0 Å². The lowest BCUT2D eigenvalue weighted by Gasteiger charge is -2.26. The lowest BCUT2D eigenvalue weighted by Crippen LogP contribution is -2.21. The van der Waals surface area contributed by atoms with Crippen molar-refractivity contribution < 1.29 is 8.78 Å². The minimum Gasteiger partial charge on any atom is -0.382 e. The zero-order chi connectivity index (χ0) is 21.3. The van der Waals surface area contributed by atoms with Crippen LogP contribution in [0.15, 0.2) is 54.9 Å². The summed E-state index contributed by atoms with van der Waals surface area (Å²) in [6, 6.07) is 14.1. The number of hydrogen-bond acceptors (Lipinski definition) is 6. The number of pyridine rings is 1. The van der Waals surface area contributed by atoms with Crippen molar-refractivity contribution in [1.82, 2.24) is 15.0 Å². The molecule has 4 rings (SSSR count). The molecule has 4 aromatic rings. The van der Waals surface area contributed by atoms with Gasteiger partial charge in [-0.3, -0.25) is 0 Å². The van der Waals surface area contributed by atoms with E-state index in [0.29, 0.717) is 40.2 Å². The molecule has 0 bridgehead atoms. The molecule has 6 nitrogen and oxygen atoms in total. The number of halogens is 2. The average molecular weight is 402 g/mol. The van der Waals surface area contributed by atoms with Crippen LogP contribution >= 0.6 is 0 Å². The SMILES string of the molecule is CCN(c1cc2ccc(F)cc2nc1-c1cccc(F)c1)c1ncnc(N)c1C#N. The van der Waals surface area contributed by atoms with Gasteiger partial charge in [-0.2, -0.15) is 5.26 Å². The van der Waals surface area contributed by atoms with Crippen molar-refractivity contribution in [3.63, 3.8) is 0 Å². The van der Waals surface area contributed by atoms with Gasteiger partial charge in [-0.1, -0.05) is 12.1 Å². The maximum Gasteiger partial charge on any atom is 0.156 e. The largest absolute Gasteiger partial charge is 0.382 e. The average Bonchev–Trinajstić information content (AvgIpc) is 2.74. The van der Waals surface area contributed by atoms with Gasteiger partial charge in [0.25, 0.3) is 0 Å². The van der Waals surface area contributed by atoms with E-state index in [-0.39, 0.29) is 11.4 Å². The topological polar surface area (TPSA) is 91.7 Å². The summed E-state index contributed by atoms with van der Waals surface area (Å²) in [5.74, 6) is -0.472. The Labute approximate surface area is 171 Å². The molecule has 0 aliphatic carbocycles. The number of anilines is 3. The van der Waals surface area contributed by atoms with Crippen LogP contribution in [0.2, 0.25) is 0 Å². The van der Waals surface area contributed by atoms with E-state index < -0.39 is 11.6 Å². The van der Waals surface area contributed by atoms with Gasteiger partial charge in [0.1, 0.15) is 35.4 Å². The van der Waals surface area contributed by atoms with E-state index in [9.17, 15) is 14.0 Å². The summed E-state index contributed by atoms with van der Waals surface area (Å²) in [5, 5.41) is 10.3.